The van der Waals surface area contributed by atoms with Crippen molar-refractivity contribution >= 4 is 5.84 Å². The van der Waals surface area contributed by atoms with Crippen LogP contribution in [0.4, 0.5) is 0 Å². The van der Waals surface area contributed by atoms with E-state index in [1.54, 1.807) is 0 Å². The Hall–Kier alpha value is -1.55. The van der Waals surface area contributed by atoms with E-state index in [-0.39, 0.29) is 5.84 Å². The Morgan fingerprint density at radius 2 is 1.95 bits per heavy atom. The number of nitrogens with zero attached hydrogens (tertiary/aromatic N) is 2. The van der Waals surface area contributed by atoms with E-state index in [1.807, 2.05) is 12.1 Å². The maximum Gasteiger partial charge on any atom is 0.170 e. The highest BCUT2D eigenvalue weighted by molar-refractivity contribution is 5.96. The number of benzene rings is 1. The highest BCUT2D eigenvalue weighted by Crippen LogP contribution is 2.37. The van der Waals surface area contributed by atoms with Crippen LogP contribution in [-0.4, -0.2) is 28.5 Å². The molecule has 4 heteroatoms. The quantitative estimate of drug-likeness (QED) is 0.385. The fourth-order valence-corrected chi connectivity index (χ4v) is 3.83. The van der Waals surface area contributed by atoms with Gasteiger partial charge in [-0.2, -0.15) is 0 Å². The Balaban J connectivity index is 1.68. The van der Waals surface area contributed by atoms with Crippen LogP contribution < -0.4 is 5.73 Å². The minimum Gasteiger partial charge on any atom is -0.409 e. The molecule has 4 nitrogen and oxygen atoms in total. The lowest BCUT2D eigenvalue weighted by molar-refractivity contribution is 0.106. The number of amidine groups is 1. The van der Waals surface area contributed by atoms with Crippen LogP contribution in [0.25, 0.3) is 0 Å². The fraction of sp³-hybridized carbons (Fsp3) is 0.562. The summed E-state index contributed by atoms with van der Waals surface area (Å²) in [5.74, 6) is 1.10. The van der Waals surface area contributed by atoms with Gasteiger partial charge in [0.2, 0.25) is 0 Å². The lowest BCUT2D eigenvalue weighted by Gasteiger charge is -2.37. The number of oxime groups is 1. The molecule has 2 atom stereocenters. The zero-order valence-corrected chi connectivity index (χ0v) is 11.8. The van der Waals surface area contributed by atoms with E-state index in [0.29, 0.717) is 0 Å². The third-order valence-corrected chi connectivity index (χ3v) is 4.85. The summed E-state index contributed by atoms with van der Waals surface area (Å²) in [6, 6.07) is 8.84. The summed E-state index contributed by atoms with van der Waals surface area (Å²) in [5, 5.41) is 11.7. The molecule has 1 aliphatic carbocycles. The zero-order chi connectivity index (χ0) is 13.9. The summed E-state index contributed by atoms with van der Waals surface area (Å²) < 4.78 is 0. The van der Waals surface area contributed by atoms with Gasteiger partial charge in [0.25, 0.3) is 0 Å². The number of piperidine rings is 1. The molecular weight excluding hydrogens is 250 g/mol. The van der Waals surface area contributed by atoms with Gasteiger partial charge in [-0.1, -0.05) is 35.8 Å². The molecule has 0 amide bonds. The zero-order valence-electron chi connectivity index (χ0n) is 11.8. The predicted molar refractivity (Wildman–Crippen MR) is 79.7 cm³/mol. The van der Waals surface area contributed by atoms with Gasteiger partial charge >= 0.3 is 0 Å². The van der Waals surface area contributed by atoms with Crippen molar-refractivity contribution < 1.29 is 5.21 Å². The summed E-state index contributed by atoms with van der Waals surface area (Å²) in [7, 11) is 0. The monoisotopic (exact) mass is 273 g/mol. The van der Waals surface area contributed by atoms with E-state index < -0.39 is 0 Å². The Bertz CT molecular complexity index is 483. The molecule has 1 saturated carbocycles. The smallest absolute Gasteiger partial charge is 0.170 e. The van der Waals surface area contributed by atoms with Crippen LogP contribution in [0.3, 0.4) is 0 Å². The average molecular weight is 273 g/mol. The average Bonchev–Trinajstić information content (AvgIpc) is 2.97. The van der Waals surface area contributed by atoms with Crippen molar-refractivity contribution in [2.75, 3.05) is 6.54 Å². The van der Waals surface area contributed by atoms with Crippen molar-refractivity contribution in [2.45, 2.75) is 44.7 Å². The highest BCUT2D eigenvalue weighted by atomic mass is 16.4. The maximum absolute atomic E-state index is 8.68. The van der Waals surface area contributed by atoms with Crippen LogP contribution in [0, 0.1) is 5.92 Å². The molecule has 2 aliphatic rings. The molecule has 1 saturated heterocycles. The topological polar surface area (TPSA) is 61.9 Å². The Kier molecular flexibility index (Phi) is 3.92. The molecule has 1 aromatic carbocycles. The van der Waals surface area contributed by atoms with Gasteiger partial charge in [-0.3, -0.25) is 4.90 Å². The predicted octanol–water partition coefficient (Wildman–Crippen LogP) is 2.55. The minimum absolute atomic E-state index is 0.172. The Morgan fingerprint density at radius 1 is 1.20 bits per heavy atom. The van der Waals surface area contributed by atoms with Crippen molar-refractivity contribution in [3.8, 4) is 0 Å². The van der Waals surface area contributed by atoms with Gasteiger partial charge in [-0.05, 0) is 43.7 Å². The summed E-state index contributed by atoms with van der Waals surface area (Å²) in [4.78, 5) is 2.65. The second-order valence-corrected chi connectivity index (χ2v) is 6.05. The van der Waals surface area contributed by atoms with Gasteiger partial charge < -0.3 is 10.9 Å². The molecule has 0 aromatic heterocycles. The van der Waals surface area contributed by atoms with Crippen molar-refractivity contribution in [2.24, 2.45) is 16.8 Å². The first-order valence-electron chi connectivity index (χ1n) is 7.59. The van der Waals surface area contributed by atoms with Crippen molar-refractivity contribution in [3.05, 3.63) is 35.4 Å². The maximum atomic E-state index is 8.68. The molecule has 0 radical (unpaired) electrons. The fourth-order valence-electron chi connectivity index (χ4n) is 3.83. The van der Waals surface area contributed by atoms with Gasteiger partial charge in [0.15, 0.2) is 5.84 Å². The van der Waals surface area contributed by atoms with Crippen LogP contribution in [0.15, 0.2) is 29.4 Å². The lowest BCUT2D eigenvalue weighted by atomic mass is 9.91. The standard InChI is InChI=1S/C16H23N3O/c17-16(18-20)14-8-6-12(7-9-14)11-19-10-2-4-13-3-1-5-15(13)19/h6-9,13,15,20H,1-5,10-11H2,(H2,17,18). The number of fused-ring (bicyclic) bond motifs is 1. The molecule has 1 aliphatic heterocycles. The second-order valence-electron chi connectivity index (χ2n) is 6.05. The van der Waals surface area contributed by atoms with Gasteiger partial charge in [-0.25, -0.2) is 0 Å². The summed E-state index contributed by atoms with van der Waals surface area (Å²) >= 11 is 0. The number of rotatable bonds is 3. The largest absolute Gasteiger partial charge is 0.409 e. The molecule has 2 fully saturated rings. The first-order chi connectivity index (χ1) is 9.78. The highest BCUT2D eigenvalue weighted by Gasteiger charge is 2.34. The lowest BCUT2D eigenvalue weighted by Crippen LogP contribution is -2.41. The normalized spacial score (nSPS) is 27.5. The third-order valence-electron chi connectivity index (χ3n) is 4.85. The molecule has 1 aromatic rings. The van der Waals surface area contributed by atoms with E-state index >= 15 is 0 Å². The molecule has 3 rings (SSSR count). The molecule has 0 bridgehead atoms. The van der Waals surface area contributed by atoms with E-state index in [1.165, 1.54) is 44.2 Å². The van der Waals surface area contributed by atoms with E-state index in [9.17, 15) is 0 Å². The first kappa shape index (κ1) is 13.4. The second kappa shape index (κ2) is 5.83. The summed E-state index contributed by atoms with van der Waals surface area (Å²) in [5.41, 5.74) is 7.67. The first-order valence-corrected chi connectivity index (χ1v) is 7.59. The third kappa shape index (κ3) is 2.66. The van der Waals surface area contributed by atoms with Crippen molar-refractivity contribution in [1.29, 1.82) is 0 Å². The number of likely N-dealkylation sites (tertiary alicyclic amines) is 1. The van der Waals surface area contributed by atoms with Crippen molar-refractivity contribution in [1.82, 2.24) is 4.90 Å². The molecule has 108 valence electrons. The van der Waals surface area contributed by atoms with E-state index in [4.69, 9.17) is 10.9 Å². The summed E-state index contributed by atoms with van der Waals surface area (Å²) in [6.45, 7) is 2.25. The number of hydrogen-bond acceptors (Lipinski definition) is 3. The SMILES string of the molecule is NC(=NO)c1ccc(CN2CCCC3CCCC32)cc1. The molecule has 3 N–H and O–H groups in total. The Morgan fingerprint density at radius 3 is 2.70 bits per heavy atom. The Labute approximate surface area is 120 Å². The van der Waals surface area contributed by atoms with Crippen LogP contribution in [-0.2, 0) is 6.54 Å². The molecule has 1 heterocycles. The number of hydrogen-bond donors (Lipinski definition) is 2. The van der Waals surface area contributed by atoms with Crippen LogP contribution in [0.1, 0.15) is 43.2 Å². The minimum atomic E-state index is 0.172. The van der Waals surface area contributed by atoms with Gasteiger partial charge in [-0.15, -0.1) is 0 Å². The van der Waals surface area contributed by atoms with E-state index in [0.717, 1.165) is 24.1 Å². The van der Waals surface area contributed by atoms with Gasteiger partial charge in [0, 0.05) is 18.2 Å². The van der Waals surface area contributed by atoms with E-state index in [2.05, 4.69) is 22.2 Å². The molecule has 20 heavy (non-hydrogen) atoms. The molecule has 2 unspecified atom stereocenters. The molecule has 0 spiro atoms. The molecular formula is C16H23N3O. The van der Waals surface area contributed by atoms with Crippen LogP contribution in [0.2, 0.25) is 0 Å². The van der Waals surface area contributed by atoms with Crippen molar-refractivity contribution in [3.63, 3.8) is 0 Å². The van der Waals surface area contributed by atoms with Gasteiger partial charge in [0.05, 0.1) is 0 Å². The van der Waals surface area contributed by atoms with Crippen LogP contribution in [0.5, 0.6) is 0 Å². The number of nitrogens with two attached hydrogens (primary N) is 1. The summed E-state index contributed by atoms with van der Waals surface area (Å²) in [6.07, 6.45) is 6.94. The van der Waals surface area contributed by atoms with Gasteiger partial charge in [0.1, 0.15) is 0 Å². The van der Waals surface area contributed by atoms with Crippen LogP contribution >= 0.6 is 0 Å².